The molecular weight excluding hydrogens is 364 g/mol. The smallest absolute Gasteiger partial charge is 0.150 e. The molecule has 2 aliphatic carbocycles. The Bertz CT molecular complexity index is 760. The molecule has 5 rings (SSSR count). The minimum Gasteiger partial charge on any atom is -0.392 e. The number of fused-ring (bicyclic) bond motifs is 1. The van der Waals surface area contributed by atoms with Crippen LogP contribution < -0.4 is 5.32 Å². The Balaban J connectivity index is 1.24. The van der Waals surface area contributed by atoms with E-state index in [1.807, 2.05) is 24.3 Å². The van der Waals surface area contributed by atoms with Gasteiger partial charge in [-0.05, 0) is 43.6 Å². The van der Waals surface area contributed by atoms with Gasteiger partial charge in [0, 0.05) is 42.1 Å². The van der Waals surface area contributed by atoms with E-state index in [1.165, 1.54) is 18.4 Å². The van der Waals surface area contributed by atoms with Gasteiger partial charge in [0.25, 0.3) is 0 Å². The lowest BCUT2D eigenvalue weighted by Crippen LogP contribution is -2.47. The van der Waals surface area contributed by atoms with E-state index in [0.717, 1.165) is 51.5 Å². The van der Waals surface area contributed by atoms with Crippen molar-refractivity contribution in [2.75, 3.05) is 13.1 Å². The van der Waals surface area contributed by atoms with Crippen LogP contribution in [0.15, 0.2) is 24.3 Å². The van der Waals surface area contributed by atoms with Crippen LogP contribution in [0.25, 0.3) is 0 Å². The predicted molar refractivity (Wildman–Crippen MR) is 112 cm³/mol. The summed E-state index contributed by atoms with van der Waals surface area (Å²) in [5.41, 5.74) is 1.36. The first-order valence-corrected chi connectivity index (χ1v) is 11.4. The van der Waals surface area contributed by atoms with Crippen LogP contribution in [0.5, 0.6) is 0 Å². The van der Waals surface area contributed by atoms with Gasteiger partial charge in [0.15, 0.2) is 0 Å². The Morgan fingerprint density at radius 3 is 2.66 bits per heavy atom. The van der Waals surface area contributed by atoms with Crippen LogP contribution in [0.1, 0.15) is 73.7 Å². The zero-order chi connectivity index (χ0) is 20.2. The van der Waals surface area contributed by atoms with E-state index in [4.69, 9.17) is 0 Å². The molecule has 1 aromatic carbocycles. The number of nitrogens with zero attached hydrogens (tertiary/aromatic N) is 1. The molecule has 4 fully saturated rings. The van der Waals surface area contributed by atoms with Crippen molar-refractivity contribution in [3.8, 4) is 0 Å². The Morgan fingerprint density at radius 1 is 1.24 bits per heavy atom. The lowest BCUT2D eigenvalue weighted by atomic mass is 9.78. The maximum Gasteiger partial charge on any atom is 0.150 e. The zero-order valence-corrected chi connectivity index (χ0v) is 17.4. The number of carbonyl (C=O) groups excluding carboxylic acids is 1. The van der Waals surface area contributed by atoms with E-state index in [0.29, 0.717) is 23.6 Å². The van der Waals surface area contributed by atoms with Gasteiger partial charge in [-0.2, -0.15) is 0 Å². The van der Waals surface area contributed by atoms with Crippen molar-refractivity contribution in [2.24, 2.45) is 11.3 Å². The number of aldehydes is 1. The number of benzene rings is 1. The predicted octanol–water partition coefficient (Wildman–Crippen LogP) is 2.67. The van der Waals surface area contributed by atoms with Gasteiger partial charge in [0.2, 0.25) is 0 Å². The molecule has 1 unspecified atom stereocenters. The maximum atomic E-state index is 11.1. The normalized spacial score (nSPS) is 40.9. The van der Waals surface area contributed by atoms with E-state index in [1.54, 1.807) is 0 Å². The molecule has 2 saturated carbocycles. The second kappa shape index (κ2) is 7.16. The van der Waals surface area contributed by atoms with Gasteiger partial charge in [-0.1, -0.05) is 44.0 Å². The number of rotatable bonds is 6. The molecule has 158 valence electrons. The number of hydrogen-bond acceptors (Lipinski definition) is 5. The van der Waals surface area contributed by atoms with Gasteiger partial charge in [0.05, 0.1) is 6.10 Å². The Hall–Kier alpha value is -1.27. The zero-order valence-electron chi connectivity index (χ0n) is 17.4. The molecule has 1 aromatic rings. The summed E-state index contributed by atoms with van der Waals surface area (Å²) in [5, 5.41) is 25.6. The molecule has 2 saturated heterocycles. The number of aliphatic hydroxyl groups is 2. The monoisotopic (exact) mass is 398 g/mol. The summed E-state index contributed by atoms with van der Waals surface area (Å²) in [6.07, 6.45) is 8.43. The fraction of sp³-hybridized carbons (Fsp3) is 0.708. The number of aliphatic hydroxyl groups excluding tert-OH is 1. The van der Waals surface area contributed by atoms with E-state index >= 15 is 0 Å². The van der Waals surface area contributed by atoms with Crippen molar-refractivity contribution in [3.05, 3.63) is 35.4 Å². The first-order chi connectivity index (χ1) is 14.0. The van der Waals surface area contributed by atoms with Crippen molar-refractivity contribution < 1.29 is 15.0 Å². The quantitative estimate of drug-likeness (QED) is 0.508. The van der Waals surface area contributed by atoms with Gasteiger partial charge in [0.1, 0.15) is 12.0 Å². The summed E-state index contributed by atoms with van der Waals surface area (Å²) in [5.74, 6) is 0.560. The van der Waals surface area contributed by atoms with E-state index in [2.05, 4.69) is 17.1 Å². The van der Waals surface area contributed by atoms with Crippen LogP contribution in [-0.2, 0) is 0 Å². The van der Waals surface area contributed by atoms with Crippen LogP contribution in [0, 0.1) is 11.3 Å². The number of hydrogen-bond donors (Lipinski definition) is 3. The molecule has 0 aromatic heterocycles. The third-order valence-electron chi connectivity index (χ3n) is 8.78. The van der Waals surface area contributed by atoms with E-state index in [9.17, 15) is 15.0 Å². The van der Waals surface area contributed by atoms with Crippen molar-refractivity contribution in [2.45, 2.75) is 81.7 Å². The highest BCUT2D eigenvalue weighted by Gasteiger charge is 2.65. The van der Waals surface area contributed by atoms with Gasteiger partial charge in [-0.25, -0.2) is 0 Å². The highest BCUT2D eigenvalue weighted by Crippen LogP contribution is 2.54. The SMILES string of the molecule is C[C@H](c1ccc(C=O)cc1)[C@H]1C[C@@H](CN[C@@H]2CC[C@H](O)C23CCCC3)[C@@]2(O)CN12. The summed E-state index contributed by atoms with van der Waals surface area (Å²) in [4.78, 5) is 13.2. The molecule has 7 atom stereocenters. The molecule has 0 amide bonds. The van der Waals surface area contributed by atoms with Crippen molar-refractivity contribution in [3.63, 3.8) is 0 Å². The average molecular weight is 399 g/mol. The first kappa shape index (κ1) is 19.7. The standard InChI is InChI=1S/C24H34N2O3/c1-16(18-6-4-17(14-27)5-7-18)20-12-19(24(29)15-26(20)24)13-25-21-8-9-22(28)23(21)10-2-3-11-23/h4-7,14,16,19-22,25,28-29H,2-3,8-13,15H2,1H3/t16-,19+,20-,21-,22+,24+,26?/m1/s1. The van der Waals surface area contributed by atoms with Crippen molar-refractivity contribution in [1.29, 1.82) is 0 Å². The second-order valence-corrected chi connectivity index (χ2v) is 10.1. The topological polar surface area (TPSA) is 72.6 Å². The van der Waals surface area contributed by atoms with E-state index in [-0.39, 0.29) is 17.4 Å². The molecule has 5 nitrogen and oxygen atoms in total. The molecule has 2 aliphatic heterocycles. The van der Waals surface area contributed by atoms with Crippen LogP contribution >= 0.6 is 0 Å². The largest absolute Gasteiger partial charge is 0.392 e. The Labute approximate surface area is 173 Å². The molecule has 5 heteroatoms. The summed E-state index contributed by atoms with van der Waals surface area (Å²) < 4.78 is 0. The van der Waals surface area contributed by atoms with Crippen LogP contribution in [0.4, 0.5) is 0 Å². The van der Waals surface area contributed by atoms with Gasteiger partial charge >= 0.3 is 0 Å². The molecule has 2 heterocycles. The van der Waals surface area contributed by atoms with Crippen LogP contribution in [0.3, 0.4) is 0 Å². The summed E-state index contributed by atoms with van der Waals surface area (Å²) >= 11 is 0. The fourth-order valence-corrected chi connectivity index (χ4v) is 6.85. The van der Waals surface area contributed by atoms with Gasteiger partial charge in [-0.3, -0.25) is 9.69 Å². The molecule has 0 bridgehead atoms. The summed E-state index contributed by atoms with van der Waals surface area (Å²) in [6, 6.07) is 8.59. The van der Waals surface area contributed by atoms with E-state index < -0.39 is 5.72 Å². The second-order valence-electron chi connectivity index (χ2n) is 10.1. The molecular formula is C24H34N2O3. The molecule has 1 spiro atoms. The lowest BCUT2D eigenvalue weighted by Gasteiger charge is -2.35. The minimum absolute atomic E-state index is 0.0808. The summed E-state index contributed by atoms with van der Waals surface area (Å²) in [7, 11) is 0. The maximum absolute atomic E-state index is 11.1. The minimum atomic E-state index is -0.658. The number of nitrogens with one attached hydrogen (secondary N) is 1. The Kier molecular flexibility index (Phi) is 4.86. The van der Waals surface area contributed by atoms with Crippen LogP contribution in [-0.4, -0.2) is 58.4 Å². The lowest BCUT2D eigenvalue weighted by molar-refractivity contribution is 0.0329. The van der Waals surface area contributed by atoms with Gasteiger partial charge in [-0.15, -0.1) is 0 Å². The molecule has 29 heavy (non-hydrogen) atoms. The highest BCUT2D eigenvalue weighted by molar-refractivity contribution is 5.74. The highest BCUT2D eigenvalue weighted by atomic mass is 16.3. The average Bonchev–Trinajstić information content (AvgIpc) is 3.05. The van der Waals surface area contributed by atoms with Crippen LogP contribution in [0.2, 0.25) is 0 Å². The third kappa shape index (κ3) is 3.09. The molecule has 4 aliphatic rings. The Morgan fingerprint density at radius 2 is 1.97 bits per heavy atom. The van der Waals surface area contributed by atoms with Gasteiger partial charge < -0.3 is 15.5 Å². The first-order valence-electron chi connectivity index (χ1n) is 11.4. The van der Waals surface area contributed by atoms with Crippen molar-refractivity contribution in [1.82, 2.24) is 10.2 Å². The molecule has 3 N–H and O–H groups in total. The number of piperidine rings is 1. The number of carbonyl (C=O) groups is 1. The summed E-state index contributed by atoms with van der Waals surface area (Å²) in [6.45, 7) is 3.83. The molecule has 0 radical (unpaired) electrons. The third-order valence-corrected chi connectivity index (χ3v) is 8.78. The fourth-order valence-electron chi connectivity index (χ4n) is 6.85. The van der Waals surface area contributed by atoms with Crippen molar-refractivity contribution >= 4 is 6.29 Å².